The van der Waals surface area contributed by atoms with Crippen LogP contribution in [0.2, 0.25) is 0 Å². The van der Waals surface area contributed by atoms with E-state index in [0.717, 1.165) is 35.1 Å². The Bertz CT molecular complexity index is 1570. The van der Waals surface area contributed by atoms with E-state index in [1.165, 1.54) is 6.20 Å². The second-order valence-electron chi connectivity index (χ2n) is 9.88. The molecule has 0 bridgehead atoms. The molecule has 1 spiro atoms. The topological polar surface area (TPSA) is 111 Å². The Labute approximate surface area is 204 Å². The van der Waals surface area contributed by atoms with E-state index < -0.39 is 12.1 Å². The highest BCUT2D eigenvalue weighted by molar-refractivity contribution is 6.03. The van der Waals surface area contributed by atoms with Crippen molar-refractivity contribution in [1.82, 2.24) is 15.1 Å². The van der Waals surface area contributed by atoms with E-state index in [0.29, 0.717) is 41.7 Å². The number of halogens is 1. The fourth-order valence-corrected chi connectivity index (χ4v) is 4.99. The van der Waals surface area contributed by atoms with Gasteiger partial charge in [-0.1, -0.05) is 23.4 Å². The summed E-state index contributed by atoms with van der Waals surface area (Å²) in [6.07, 6.45) is 3.14. The molecule has 2 atom stereocenters. The second-order valence-corrected chi connectivity index (χ2v) is 9.88. The third kappa shape index (κ3) is 3.30. The molecule has 1 amide bonds. The van der Waals surface area contributed by atoms with Gasteiger partial charge in [0.25, 0.3) is 5.91 Å². The summed E-state index contributed by atoms with van der Waals surface area (Å²) in [5, 5.41) is 6.81. The SMILES string of the molecule is Cc1ccc(-c2noc([C@H]3C[C@@H]3F)n2)cc1NC(=O)c1cnc(-c2ccc3c(c2)C2(CC2)C(=O)C3)o1. The first-order valence-corrected chi connectivity index (χ1v) is 11.9. The van der Waals surface area contributed by atoms with Gasteiger partial charge in [-0.25, -0.2) is 9.37 Å². The van der Waals surface area contributed by atoms with Crippen LogP contribution < -0.4 is 5.32 Å². The van der Waals surface area contributed by atoms with Gasteiger partial charge in [0, 0.05) is 23.2 Å². The zero-order valence-corrected chi connectivity index (χ0v) is 19.4. The number of benzene rings is 2. The summed E-state index contributed by atoms with van der Waals surface area (Å²) >= 11 is 0. The fraction of sp³-hybridized carbons (Fsp3) is 0.296. The van der Waals surface area contributed by atoms with E-state index in [4.69, 9.17) is 8.94 Å². The van der Waals surface area contributed by atoms with Crippen LogP contribution in [0.25, 0.3) is 22.8 Å². The van der Waals surface area contributed by atoms with Crippen molar-refractivity contribution >= 4 is 17.4 Å². The van der Waals surface area contributed by atoms with Crippen LogP contribution in [0.4, 0.5) is 10.1 Å². The molecule has 2 fully saturated rings. The Morgan fingerprint density at radius 1 is 1.17 bits per heavy atom. The van der Waals surface area contributed by atoms with Crippen LogP contribution in [-0.4, -0.2) is 33.0 Å². The Balaban J connectivity index is 1.11. The zero-order valence-electron chi connectivity index (χ0n) is 19.4. The number of Topliss-reactive ketones (excluding diaryl/α,β-unsaturated/α-hetero) is 1. The van der Waals surface area contributed by atoms with E-state index in [1.54, 1.807) is 6.07 Å². The first-order valence-electron chi connectivity index (χ1n) is 11.9. The molecule has 0 saturated heterocycles. The monoisotopic (exact) mass is 484 g/mol. The molecule has 180 valence electrons. The molecular weight excluding hydrogens is 463 g/mol. The number of carbonyl (C=O) groups is 2. The van der Waals surface area contributed by atoms with E-state index in [9.17, 15) is 14.0 Å². The standard InChI is InChI=1S/C27H21FN4O4/c1-13-2-3-15(23-31-26(36-32-23)17-11-19(17)28)9-20(13)30-24(34)21-12-29-25(35-21)16-5-4-14-10-22(33)27(6-7-27)18(14)8-16/h2-5,8-9,12,17,19H,6-7,10-11H2,1H3,(H,30,34)/t17-,19-/m0/s1. The summed E-state index contributed by atoms with van der Waals surface area (Å²) in [6.45, 7) is 1.87. The van der Waals surface area contributed by atoms with E-state index >= 15 is 0 Å². The van der Waals surface area contributed by atoms with Crippen molar-refractivity contribution < 1.29 is 22.9 Å². The minimum atomic E-state index is -0.924. The summed E-state index contributed by atoms with van der Waals surface area (Å²) < 4.78 is 24.3. The third-order valence-corrected chi connectivity index (χ3v) is 7.45. The van der Waals surface area contributed by atoms with Crippen molar-refractivity contribution in [3.8, 4) is 22.8 Å². The molecule has 2 saturated carbocycles. The van der Waals surface area contributed by atoms with Crippen molar-refractivity contribution in [2.75, 3.05) is 5.32 Å². The lowest BCUT2D eigenvalue weighted by atomic mass is 9.96. The summed E-state index contributed by atoms with van der Waals surface area (Å²) in [4.78, 5) is 34.0. The number of alkyl halides is 1. The van der Waals surface area contributed by atoms with Gasteiger partial charge in [-0.05, 0) is 61.1 Å². The van der Waals surface area contributed by atoms with Gasteiger partial charge in [-0.2, -0.15) is 4.98 Å². The number of aromatic nitrogens is 3. The summed E-state index contributed by atoms with van der Waals surface area (Å²) in [5.41, 5.74) is 4.59. The molecule has 0 radical (unpaired) electrons. The fourth-order valence-electron chi connectivity index (χ4n) is 4.99. The molecule has 2 heterocycles. The number of anilines is 1. The van der Waals surface area contributed by atoms with Gasteiger partial charge >= 0.3 is 0 Å². The highest BCUT2D eigenvalue weighted by Crippen LogP contribution is 2.55. The number of rotatable bonds is 5. The molecule has 2 aromatic carbocycles. The molecule has 9 heteroatoms. The number of nitrogens with zero attached hydrogens (tertiary/aromatic N) is 3. The third-order valence-electron chi connectivity index (χ3n) is 7.45. The summed E-state index contributed by atoms with van der Waals surface area (Å²) in [5.74, 6) is 0.544. The smallest absolute Gasteiger partial charge is 0.293 e. The molecule has 4 aromatic rings. The molecule has 0 aliphatic heterocycles. The maximum absolute atomic E-state index is 13.3. The van der Waals surface area contributed by atoms with Crippen LogP contribution in [0.5, 0.6) is 0 Å². The van der Waals surface area contributed by atoms with Gasteiger partial charge in [-0.3, -0.25) is 9.59 Å². The highest BCUT2D eigenvalue weighted by atomic mass is 19.1. The van der Waals surface area contributed by atoms with Gasteiger partial charge in [0.1, 0.15) is 12.0 Å². The number of hydrogen-bond donors (Lipinski definition) is 1. The normalized spacial score (nSPS) is 21.0. The molecular formula is C27H21FN4O4. The zero-order chi connectivity index (χ0) is 24.6. The largest absolute Gasteiger partial charge is 0.431 e. The minimum absolute atomic E-state index is 0.0667. The van der Waals surface area contributed by atoms with Crippen LogP contribution >= 0.6 is 0 Å². The van der Waals surface area contributed by atoms with Crippen molar-refractivity contribution in [3.05, 3.63) is 70.9 Å². The highest BCUT2D eigenvalue weighted by Gasteiger charge is 2.55. The number of amides is 1. The predicted molar refractivity (Wildman–Crippen MR) is 126 cm³/mol. The molecule has 3 aliphatic carbocycles. The number of hydrogen-bond acceptors (Lipinski definition) is 7. The van der Waals surface area contributed by atoms with Crippen molar-refractivity contribution in [3.63, 3.8) is 0 Å². The first-order chi connectivity index (χ1) is 17.4. The molecule has 8 nitrogen and oxygen atoms in total. The quantitative estimate of drug-likeness (QED) is 0.427. The van der Waals surface area contributed by atoms with Crippen molar-refractivity contribution in [2.24, 2.45) is 0 Å². The molecule has 7 rings (SSSR count). The maximum Gasteiger partial charge on any atom is 0.293 e. The Kier molecular flexibility index (Phi) is 4.37. The Morgan fingerprint density at radius 3 is 2.75 bits per heavy atom. The van der Waals surface area contributed by atoms with Crippen molar-refractivity contribution in [1.29, 1.82) is 0 Å². The molecule has 3 aliphatic rings. The number of nitrogens with one attached hydrogen (secondary N) is 1. The van der Waals surface area contributed by atoms with Crippen molar-refractivity contribution in [2.45, 2.75) is 50.1 Å². The van der Waals surface area contributed by atoms with Gasteiger partial charge in [0.2, 0.25) is 23.4 Å². The minimum Gasteiger partial charge on any atom is -0.431 e. The summed E-state index contributed by atoms with van der Waals surface area (Å²) in [7, 11) is 0. The maximum atomic E-state index is 13.3. The molecule has 36 heavy (non-hydrogen) atoms. The van der Waals surface area contributed by atoms with Crippen LogP contribution in [0.15, 0.2) is 51.5 Å². The predicted octanol–water partition coefficient (Wildman–Crippen LogP) is 4.93. The average molecular weight is 484 g/mol. The lowest BCUT2D eigenvalue weighted by molar-refractivity contribution is -0.119. The second kappa shape index (κ2) is 7.43. The van der Waals surface area contributed by atoms with E-state index in [2.05, 4.69) is 20.4 Å². The molecule has 2 aromatic heterocycles. The molecule has 0 unspecified atom stereocenters. The number of oxazole rings is 1. The number of fused-ring (bicyclic) bond motifs is 2. The van der Waals surface area contributed by atoms with Gasteiger partial charge in [-0.15, -0.1) is 0 Å². The van der Waals surface area contributed by atoms with Gasteiger partial charge < -0.3 is 14.3 Å². The Morgan fingerprint density at radius 2 is 1.97 bits per heavy atom. The first kappa shape index (κ1) is 21.2. The number of carbonyl (C=O) groups excluding carboxylic acids is 2. The van der Waals surface area contributed by atoms with Crippen LogP contribution in [0.3, 0.4) is 0 Å². The number of aryl methyl sites for hydroxylation is 1. The van der Waals surface area contributed by atoms with Gasteiger partial charge in [0.05, 0.1) is 17.5 Å². The lowest BCUT2D eigenvalue weighted by Gasteiger charge is -2.08. The van der Waals surface area contributed by atoms with E-state index in [1.807, 2.05) is 37.3 Å². The van der Waals surface area contributed by atoms with Crippen LogP contribution in [0, 0.1) is 6.92 Å². The number of ketones is 1. The average Bonchev–Trinajstić information content (AvgIpc) is 3.64. The van der Waals surface area contributed by atoms with Crippen LogP contribution in [-0.2, 0) is 16.6 Å². The summed E-state index contributed by atoms with van der Waals surface area (Å²) in [6, 6.07) is 11.2. The van der Waals surface area contributed by atoms with E-state index in [-0.39, 0.29) is 22.9 Å². The van der Waals surface area contributed by atoms with Crippen LogP contribution in [0.1, 0.15) is 58.3 Å². The lowest BCUT2D eigenvalue weighted by Crippen LogP contribution is -2.13. The van der Waals surface area contributed by atoms with Gasteiger partial charge in [0.15, 0.2) is 0 Å². The molecule has 1 N–H and O–H groups in total. The Hall–Kier alpha value is -4.14.